The lowest BCUT2D eigenvalue weighted by atomic mass is 10.4. The minimum absolute atomic E-state index is 0.187. The van der Waals surface area contributed by atoms with Crippen molar-refractivity contribution in [1.82, 2.24) is 15.0 Å². The quantitative estimate of drug-likeness (QED) is 0.525. The standard InChI is InChI=1S/C8H12N4O/c1-6(10-11-7(2)13)8-9-4-5-12(8)3/h4-5H,1-3H3,(H,11,13)/b10-6-. The maximum atomic E-state index is 10.6. The molecule has 0 saturated carbocycles. The Morgan fingerprint density at radius 3 is 2.77 bits per heavy atom. The highest BCUT2D eigenvalue weighted by atomic mass is 16.2. The molecule has 0 bridgehead atoms. The van der Waals surface area contributed by atoms with Crippen molar-refractivity contribution < 1.29 is 4.79 Å². The first kappa shape index (κ1) is 9.44. The molecular weight excluding hydrogens is 168 g/mol. The third-order valence-corrected chi connectivity index (χ3v) is 1.53. The molecule has 5 heteroatoms. The molecule has 0 radical (unpaired) electrons. The number of imidazole rings is 1. The maximum Gasteiger partial charge on any atom is 0.236 e. The first-order valence-electron chi connectivity index (χ1n) is 3.90. The highest BCUT2D eigenvalue weighted by Gasteiger charge is 2.02. The van der Waals surface area contributed by atoms with Crippen molar-refractivity contribution in [2.45, 2.75) is 13.8 Å². The molecule has 1 N–H and O–H groups in total. The molecule has 0 aliphatic carbocycles. The van der Waals surface area contributed by atoms with Crippen LogP contribution in [-0.2, 0) is 11.8 Å². The van der Waals surface area contributed by atoms with E-state index in [2.05, 4.69) is 15.5 Å². The number of carbonyl (C=O) groups is 1. The van der Waals surface area contributed by atoms with Crippen LogP contribution in [0.2, 0.25) is 0 Å². The molecule has 1 rings (SSSR count). The van der Waals surface area contributed by atoms with E-state index in [4.69, 9.17) is 0 Å². The summed E-state index contributed by atoms with van der Waals surface area (Å²) in [6.07, 6.45) is 3.50. The van der Waals surface area contributed by atoms with E-state index >= 15 is 0 Å². The molecule has 1 heterocycles. The van der Waals surface area contributed by atoms with Crippen LogP contribution < -0.4 is 5.43 Å². The van der Waals surface area contributed by atoms with Gasteiger partial charge >= 0.3 is 0 Å². The van der Waals surface area contributed by atoms with Gasteiger partial charge in [0.05, 0.1) is 0 Å². The largest absolute Gasteiger partial charge is 0.333 e. The van der Waals surface area contributed by atoms with Crippen LogP contribution in [0, 0.1) is 0 Å². The second kappa shape index (κ2) is 3.84. The first-order valence-corrected chi connectivity index (χ1v) is 3.90. The SMILES string of the molecule is CC(=O)N/N=C(/C)c1nccn1C. The van der Waals surface area contributed by atoms with Crippen LogP contribution in [0.3, 0.4) is 0 Å². The second-order valence-electron chi connectivity index (χ2n) is 2.73. The number of hydrogen-bond donors (Lipinski definition) is 1. The van der Waals surface area contributed by atoms with E-state index in [9.17, 15) is 4.79 Å². The summed E-state index contributed by atoms with van der Waals surface area (Å²) < 4.78 is 1.83. The molecule has 0 unspecified atom stereocenters. The molecule has 0 aromatic carbocycles. The lowest BCUT2D eigenvalue weighted by molar-refractivity contribution is -0.118. The zero-order chi connectivity index (χ0) is 9.84. The van der Waals surface area contributed by atoms with E-state index in [-0.39, 0.29) is 5.91 Å². The highest BCUT2D eigenvalue weighted by Crippen LogP contribution is 1.95. The summed E-state index contributed by atoms with van der Waals surface area (Å²) in [5.74, 6) is 0.558. The van der Waals surface area contributed by atoms with E-state index < -0.39 is 0 Å². The van der Waals surface area contributed by atoms with Crippen LogP contribution in [0.15, 0.2) is 17.5 Å². The second-order valence-corrected chi connectivity index (χ2v) is 2.73. The van der Waals surface area contributed by atoms with Gasteiger partial charge in [0.1, 0.15) is 5.71 Å². The molecule has 5 nitrogen and oxygen atoms in total. The van der Waals surface area contributed by atoms with Crippen LogP contribution in [0.25, 0.3) is 0 Å². The Morgan fingerprint density at radius 1 is 1.62 bits per heavy atom. The molecule has 0 saturated heterocycles. The molecule has 0 aliphatic rings. The Hall–Kier alpha value is -1.65. The van der Waals surface area contributed by atoms with Gasteiger partial charge in [-0.15, -0.1) is 0 Å². The van der Waals surface area contributed by atoms with Crippen molar-refractivity contribution in [1.29, 1.82) is 0 Å². The molecule has 0 spiro atoms. The Balaban J connectivity index is 2.78. The number of hydrogen-bond acceptors (Lipinski definition) is 3. The van der Waals surface area contributed by atoms with E-state index in [0.717, 1.165) is 5.82 Å². The third-order valence-electron chi connectivity index (χ3n) is 1.53. The topological polar surface area (TPSA) is 59.3 Å². The number of carbonyl (C=O) groups excluding carboxylic acids is 1. The number of rotatable bonds is 2. The monoisotopic (exact) mass is 180 g/mol. The number of nitrogens with zero attached hydrogens (tertiary/aromatic N) is 3. The van der Waals surface area contributed by atoms with Gasteiger partial charge in [-0.2, -0.15) is 5.10 Å². The molecule has 1 aromatic heterocycles. The van der Waals surface area contributed by atoms with E-state index in [0.29, 0.717) is 5.71 Å². The molecule has 1 aromatic rings. The fourth-order valence-electron chi connectivity index (χ4n) is 0.927. The summed E-state index contributed by atoms with van der Waals surface area (Å²) in [5.41, 5.74) is 3.04. The Bertz CT molecular complexity index is 340. The summed E-state index contributed by atoms with van der Waals surface area (Å²) >= 11 is 0. The minimum atomic E-state index is -0.187. The first-order chi connectivity index (χ1) is 6.11. The summed E-state index contributed by atoms with van der Waals surface area (Å²) in [6, 6.07) is 0. The molecule has 70 valence electrons. The number of aryl methyl sites for hydroxylation is 1. The minimum Gasteiger partial charge on any atom is -0.333 e. The fourth-order valence-corrected chi connectivity index (χ4v) is 0.927. The van der Waals surface area contributed by atoms with Gasteiger partial charge < -0.3 is 4.57 Å². The van der Waals surface area contributed by atoms with Gasteiger partial charge in [0.2, 0.25) is 5.91 Å². The van der Waals surface area contributed by atoms with Crippen LogP contribution in [0.1, 0.15) is 19.7 Å². The smallest absolute Gasteiger partial charge is 0.236 e. The fraction of sp³-hybridized carbons (Fsp3) is 0.375. The van der Waals surface area contributed by atoms with E-state index in [1.807, 2.05) is 17.8 Å². The molecule has 1 amide bonds. The Kier molecular flexibility index (Phi) is 2.79. The van der Waals surface area contributed by atoms with Crippen LogP contribution in [0.4, 0.5) is 0 Å². The number of aromatic nitrogens is 2. The predicted molar refractivity (Wildman–Crippen MR) is 49.2 cm³/mol. The highest BCUT2D eigenvalue weighted by molar-refractivity contribution is 5.96. The normalized spacial score (nSPS) is 11.5. The number of nitrogens with one attached hydrogen (secondary N) is 1. The summed E-state index contributed by atoms with van der Waals surface area (Å²) in [4.78, 5) is 14.6. The molecule has 0 fully saturated rings. The van der Waals surface area contributed by atoms with Crippen LogP contribution >= 0.6 is 0 Å². The van der Waals surface area contributed by atoms with Crippen molar-refractivity contribution in [2.75, 3.05) is 0 Å². The molecule has 0 aliphatic heterocycles. The van der Waals surface area contributed by atoms with E-state index in [1.54, 1.807) is 13.1 Å². The van der Waals surface area contributed by atoms with Gasteiger partial charge in [-0.3, -0.25) is 4.79 Å². The zero-order valence-corrected chi connectivity index (χ0v) is 7.90. The number of hydrazone groups is 1. The van der Waals surface area contributed by atoms with Crippen molar-refractivity contribution in [3.05, 3.63) is 18.2 Å². The van der Waals surface area contributed by atoms with Gasteiger partial charge in [-0.1, -0.05) is 0 Å². The van der Waals surface area contributed by atoms with Crippen molar-refractivity contribution in [3.8, 4) is 0 Å². The van der Waals surface area contributed by atoms with Gasteiger partial charge in [0.15, 0.2) is 5.82 Å². The van der Waals surface area contributed by atoms with Gasteiger partial charge in [0, 0.05) is 26.4 Å². The third kappa shape index (κ3) is 2.40. The van der Waals surface area contributed by atoms with Crippen molar-refractivity contribution >= 4 is 11.6 Å². The van der Waals surface area contributed by atoms with Gasteiger partial charge in [0.25, 0.3) is 0 Å². The molecule has 13 heavy (non-hydrogen) atoms. The average molecular weight is 180 g/mol. The Morgan fingerprint density at radius 2 is 2.31 bits per heavy atom. The lowest BCUT2D eigenvalue weighted by Gasteiger charge is -2.00. The summed E-state index contributed by atoms with van der Waals surface area (Å²) in [5, 5.41) is 3.86. The predicted octanol–water partition coefficient (Wildman–Crippen LogP) is 0.280. The Labute approximate surface area is 76.5 Å². The van der Waals surface area contributed by atoms with Gasteiger partial charge in [-0.05, 0) is 6.92 Å². The number of amides is 1. The van der Waals surface area contributed by atoms with E-state index in [1.165, 1.54) is 6.92 Å². The molecular formula is C8H12N4O. The van der Waals surface area contributed by atoms with Gasteiger partial charge in [-0.25, -0.2) is 10.4 Å². The summed E-state index contributed by atoms with van der Waals surface area (Å²) in [6.45, 7) is 3.20. The van der Waals surface area contributed by atoms with Crippen molar-refractivity contribution in [2.24, 2.45) is 12.1 Å². The van der Waals surface area contributed by atoms with Crippen LogP contribution in [-0.4, -0.2) is 21.2 Å². The zero-order valence-electron chi connectivity index (χ0n) is 7.90. The molecule has 0 atom stereocenters. The summed E-state index contributed by atoms with van der Waals surface area (Å²) in [7, 11) is 1.87. The lowest BCUT2D eigenvalue weighted by Crippen LogP contribution is -2.16. The van der Waals surface area contributed by atoms with Crippen molar-refractivity contribution in [3.63, 3.8) is 0 Å². The van der Waals surface area contributed by atoms with Crippen LogP contribution in [0.5, 0.6) is 0 Å². The average Bonchev–Trinajstić information content (AvgIpc) is 2.47. The maximum absolute atomic E-state index is 10.6.